The van der Waals surface area contributed by atoms with Crippen LogP contribution in [0.2, 0.25) is 0 Å². The molecule has 1 amide bonds. The van der Waals surface area contributed by atoms with Crippen molar-refractivity contribution >= 4 is 17.7 Å². The van der Waals surface area contributed by atoms with E-state index in [2.05, 4.69) is 13.2 Å². The highest BCUT2D eigenvalue weighted by atomic mass is 32.2. The SMILES string of the molecule is CCC(C)(CN)C(=O)N(C)C(C)CCSC. The summed E-state index contributed by atoms with van der Waals surface area (Å²) in [6.07, 6.45) is 3.92. The van der Waals surface area contributed by atoms with Gasteiger partial charge in [-0.2, -0.15) is 11.8 Å². The fourth-order valence-corrected chi connectivity index (χ4v) is 2.07. The van der Waals surface area contributed by atoms with Crippen LogP contribution in [0.4, 0.5) is 0 Å². The lowest BCUT2D eigenvalue weighted by molar-refractivity contribution is -0.141. The fourth-order valence-electron chi connectivity index (χ4n) is 1.49. The molecule has 0 heterocycles. The molecule has 96 valence electrons. The van der Waals surface area contributed by atoms with Gasteiger partial charge in [-0.25, -0.2) is 0 Å². The van der Waals surface area contributed by atoms with Gasteiger partial charge in [-0.3, -0.25) is 4.79 Å². The topological polar surface area (TPSA) is 46.3 Å². The molecule has 0 aliphatic rings. The van der Waals surface area contributed by atoms with Crippen LogP contribution in [-0.2, 0) is 4.79 Å². The minimum atomic E-state index is -0.400. The Morgan fingerprint density at radius 3 is 2.50 bits per heavy atom. The van der Waals surface area contributed by atoms with Crippen molar-refractivity contribution in [2.24, 2.45) is 11.1 Å². The number of thioether (sulfide) groups is 1. The summed E-state index contributed by atoms with van der Waals surface area (Å²) in [4.78, 5) is 14.1. The standard InChI is InChI=1S/C12H26N2OS/c1-6-12(3,9-13)11(15)14(4)10(2)7-8-16-5/h10H,6-9,13H2,1-5H3. The summed E-state index contributed by atoms with van der Waals surface area (Å²) in [5, 5.41) is 0. The first-order valence-corrected chi connectivity index (χ1v) is 7.28. The van der Waals surface area contributed by atoms with Gasteiger partial charge < -0.3 is 10.6 Å². The number of carbonyl (C=O) groups excluding carboxylic acids is 1. The van der Waals surface area contributed by atoms with Crippen LogP contribution >= 0.6 is 11.8 Å². The Morgan fingerprint density at radius 2 is 2.12 bits per heavy atom. The van der Waals surface area contributed by atoms with E-state index in [0.29, 0.717) is 6.54 Å². The summed E-state index contributed by atoms with van der Waals surface area (Å²) >= 11 is 1.82. The number of carbonyl (C=O) groups is 1. The Kier molecular flexibility index (Phi) is 7.07. The molecule has 0 aromatic rings. The summed E-state index contributed by atoms with van der Waals surface area (Å²) in [5.41, 5.74) is 5.30. The molecule has 2 atom stereocenters. The average Bonchev–Trinajstić information content (AvgIpc) is 2.32. The number of nitrogens with two attached hydrogens (primary N) is 1. The molecule has 0 bridgehead atoms. The number of amides is 1. The molecular formula is C12H26N2OS. The largest absolute Gasteiger partial charge is 0.343 e. The second-order valence-corrected chi connectivity index (χ2v) is 5.65. The van der Waals surface area contributed by atoms with Crippen molar-refractivity contribution in [3.05, 3.63) is 0 Å². The molecule has 2 N–H and O–H groups in total. The van der Waals surface area contributed by atoms with E-state index >= 15 is 0 Å². The monoisotopic (exact) mass is 246 g/mol. The second kappa shape index (κ2) is 7.17. The van der Waals surface area contributed by atoms with Crippen LogP contribution in [0.5, 0.6) is 0 Å². The average molecular weight is 246 g/mol. The molecular weight excluding hydrogens is 220 g/mol. The van der Waals surface area contributed by atoms with Crippen LogP contribution in [-0.4, -0.2) is 42.4 Å². The molecule has 0 aliphatic carbocycles. The van der Waals surface area contributed by atoms with Crippen molar-refractivity contribution in [3.63, 3.8) is 0 Å². The van der Waals surface area contributed by atoms with Crippen LogP contribution in [0.25, 0.3) is 0 Å². The zero-order chi connectivity index (χ0) is 12.8. The van der Waals surface area contributed by atoms with Crippen LogP contribution < -0.4 is 5.73 Å². The number of rotatable bonds is 7. The van der Waals surface area contributed by atoms with Gasteiger partial charge in [0.1, 0.15) is 0 Å². The summed E-state index contributed by atoms with van der Waals surface area (Å²) in [6, 6.07) is 0.289. The van der Waals surface area contributed by atoms with Crippen molar-refractivity contribution in [1.82, 2.24) is 4.90 Å². The van der Waals surface area contributed by atoms with Gasteiger partial charge >= 0.3 is 0 Å². The molecule has 0 spiro atoms. The first-order chi connectivity index (χ1) is 7.42. The van der Waals surface area contributed by atoms with E-state index in [9.17, 15) is 4.79 Å². The third-order valence-electron chi connectivity index (χ3n) is 3.47. The van der Waals surface area contributed by atoms with E-state index in [4.69, 9.17) is 5.73 Å². The van der Waals surface area contributed by atoms with Gasteiger partial charge in [0.25, 0.3) is 0 Å². The van der Waals surface area contributed by atoms with Crippen LogP contribution in [0, 0.1) is 5.41 Å². The molecule has 0 aromatic carbocycles. The third-order valence-corrected chi connectivity index (χ3v) is 4.11. The fraction of sp³-hybridized carbons (Fsp3) is 0.917. The Labute approximate surface area is 104 Å². The molecule has 0 fully saturated rings. The number of nitrogens with zero attached hydrogens (tertiary/aromatic N) is 1. The highest BCUT2D eigenvalue weighted by molar-refractivity contribution is 7.98. The van der Waals surface area contributed by atoms with Crippen molar-refractivity contribution in [2.75, 3.05) is 25.6 Å². The summed E-state index contributed by atoms with van der Waals surface area (Å²) in [6.45, 7) is 6.49. The van der Waals surface area contributed by atoms with Crippen LogP contribution in [0.3, 0.4) is 0 Å². The van der Waals surface area contributed by atoms with E-state index in [0.717, 1.165) is 18.6 Å². The zero-order valence-electron chi connectivity index (χ0n) is 11.2. The maximum absolute atomic E-state index is 12.3. The first-order valence-electron chi connectivity index (χ1n) is 5.89. The van der Waals surface area contributed by atoms with Crippen LogP contribution in [0.1, 0.15) is 33.6 Å². The van der Waals surface area contributed by atoms with Crippen LogP contribution in [0.15, 0.2) is 0 Å². The summed E-state index contributed by atoms with van der Waals surface area (Å²) in [5.74, 6) is 1.26. The molecule has 2 unspecified atom stereocenters. The predicted octanol–water partition coefficient (Wildman–Crippen LogP) is 1.96. The van der Waals surface area contributed by atoms with Gasteiger partial charge in [-0.15, -0.1) is 0 Å². The van der Waals surface area contributed by atoms with Gasteiger partial charge in [0.05, 0.1) is 5.41 Å². The van der Waals surface area contributed by atoms with Gasteiger partial charge in [0.15, 0.2) is 0 Å². The number of hydrogen-bond donors (Lipinski definition) is 1. The van der Waals surface area contributed by atoms with E-state index < -0.39 is 5.41 Å². The first kappa shape index (κ1) is 15.8. The lowest BCUT2D eigenvalue weighted by Gasteiger charge is -2.34. The second-order valence-electron chi connectivity index (χ2n) is 4.66. The molecule has 0 saturated carbocycles. The predicted molar refractivity (Wildman–Crippen MR) is 72.7 cm³/mol. The molecule has 0 saturated heterocycles. The van der Waals surface area contributed by atoms with Crippen molar-refractivity contribution in [3.8, 4) is 0 Å². The lowest BCUT2D eigenvalue weighted by atomic mass is 9.85. The maximum atomic E-state index is 12.3. The highest BCUT2D eigenvalue weighted by Gasteiger charge is 2.33. The zero-order valence-corrected chi connectivity index (χ0v) is 12.1. The molecule has 3 nitrogen and oxygen atoms in total. The van der Waals surface area contributed by atoms with Crippen molar-refractivity contribution in [1.29, 1.82) is 0 Å². The normalized spacial score (nSPS) is 16.6. The molecule has 0 rings (SSSR count). The molecule has 0 aromatic heterocycles. The smallest absolute Gasteiger partial charge is 0.229 e. The lowest BCUT2D eigenvalue weighted by Crippen LogP contribution is -2.47. The van der Waals surface area contributed by atoms with Crippen molar-refractivity contribution in [2.45, 2.75) is 39.7 Å². The molecule has 4 heteroatoms. The van der Waals surface area contributed by atoms with E-state index in [1.54, 1.807) is 0 Å². The summed E-state index contributed by atoms with van der Waals surface area (Å²) in [7, 11) is 1.89. The quantitative estimate of drug-likeness (QED) is 0.747. The highest BCUT2D eigenvalue weighted by Crippen LogP contribution is 2.23. The van der Waals surface area contributed by atoms with Gasteiger partial charge in [0.2, 0.25) is 5.91 Å². The molecule has 16 heavy (non-hydrogen) atoms. The Bertz CT molecular complexity index is 217. The number of hydrogen-bond acceptors (Lipinski definition) is 3. The Hall–Kier alpha value is -0.220. The Morgan fingerprint density at radius 1 is 1.56 bits per heavy atom. The minimum Gasteiger partial charge on any atom is -0.343 e. The van der Waals surface area contributed by atoms with Gasteiger partial charge in [-0.05, 0) is 38.7 Å². The van der Waals surface area contributed by atoms with E-state index in [1.165, 1.54) is 0 Å². The van der Waals surface area contributed by atoms with E-state index in [1.807, 2.05) is 37.6 Å². The maximum Gasteiger partial charge on any atom is 0.229 e. The molecule has 0 radical (unpaired) electrons. The van der Waals surface area contributed by atoms with E-state index in [-0.39, 0.29) is 11.9 Å². The van der Waals surface area contributed by atoms with Gasteiger partial charge in [-0.1, -0.05) is 6.92 Å². The minimum absolute atomic E-state index is 0.172. The Balaban J connectivity index is 4.47. The third kappa shape index (κ3) is 3.98. The van der Waals surface area contributed by atoms with Gasteiger partial charge in [0, 0.05) is 19.6 Å². The summed E-state index contributed by atoms with van der Waals surface area (Å²) < 4.78 is 0. The van der Waals surface area contributed by atoms with Crippen molar-refractivity contribution < 1.29 is 4.79 Å². The molecule has 0 aliphatic heterocycles.